The molecule has 1 saturated heterocycles. The highest BCUT2D eigenvalue weighted by Gasteiger charge is 2.30. The fourth-order valence-corrected chi connectivity index (χ4v) is 1.87. The molecular formula is C12H14F3NO. The molecule has 0 spiro atoms. The molecule has 0 radical (unpaired) electrons. The number of benzene rings is 1. The van der Waals surface area contributed by atoms with Crippen LogP contribution in [0.3, 0.4) is 0 Å². The van der Waals surface area contributed by atoms with Gasteiger partial charge in [-0.1, -0.05) is 12.1 Å². The molecule has 0 saturated carbocycles. The molecule has 0 N–H and O–H groups in total. The van der Waals surface area contributed by atoms with Gasteiger partial charge in [0.2, 0.25) is 0 Å². The second-order valence-corrected chi connectivity index (χ2v) is 4.24. The third kappa shape index (κ3) is 2.98. The topological polar surface area (TPSA) is 12.5 Å². The van der Waals surface area contributed by atoms with Crippen molar-refractivity contribution >= 4 is 0 Å². The minimum Gasteiger partial charge on any atom is -0.371 e. The quantitative estimate of drug-likeness (QED) is 0.754. The molecule has 1 aromatic rings. The molecule has 1 atom stereocenters. The second kappa shape index (κ2) is 4.66. The zero-order chi connectivity index (χ0) is 12.5. The first-order chi connectivity index (χ1) is 7.97. The van der Waals surface area contributed by atoms with Crippen molar-refractivity contribution in [1.29, 1.82) is 0 Å². The lowest BCUT2D eigenvalue weighted by atomic mass is 10.1. The SMILES string of the molecule is CN1CCOC(c2ccc(C(F)(F)F)cc2)C1. The number of hydrogen-bond donors (Lipinski definition) is 0. The van der Waals surface area contributed by atoms with Crippen molar-refractivity contribution in [3.8, 4) is 0 Å². The van der Waals surface area contributed by atoms with Gasteiger partial charge in [-0.3, -0.25) is 0 Å². The summed E-state index contributed by atoms with van der Waals surface area (Å²) in [5, 5.41) is 0. The van der Waals surface area contributed by atoms with Crippen LogP contribution in [0.5, 0.6) is 0 Å². The minimum atomic E-state index is -4.28. The van der Waals surface area contributed by atoms with Gasteiger partial charge in [0.25, 0.3) is 0 Å². The van der Waals surface area contributed by atoms with Gasteiger partial charge in [0.1, 0.15) is 0 Å². The van der Waals surface area contributed by atoms with E-state index < -0.39 is 11.7 Å². The Kier molecular flexibility index (Phi) is 3.40. The molecule has 2 rings (SSSR count). The van der Waals surface area contributed by atoms with Crippen LogP contribution in [0.4, 0.5) is 13.2 Å². The maximum atomic E-state index is 12.4. The molecule has 1 heterocycles. The van der Waals surface area contributed by atoms with Gasteiger partial charge >= 0.3 is 6.18 Å². The monoisotopic (exact) mass is 245 g/mol. The fraction of sp³-hybridized carbons (Fsp3) is 0.500. The average Bonchev–Trinajstić information content (AvgIpc) is 2.28. The molecule has 1 fully saturated rings. The van der Waals surface area contributed by atoms with E-state index in [9.17, 15) is 13.2 Å². The largest absolute Gasteiger partial charge is 0.416 e. The van der Waals surface area contributed by atoms with Gasteiger partial charge in [0.15, 0.2) is 0 Å². The van der Waals surface area contributed by atoms with Crippen LogP contribution >= 0.6 is 0 Å². The maximum Gasteiger partial charge on any atom is 0.416 e. The van der Waals surface area contributed by atoms with Gasteiger partial charge in [-0.05, 0) is 24.7 Å². The standard InChI is InChI=1S/C12H14F3NO/c1-16-6-7-17-11(8-16)9-2-4-10(5-3-9)12(13,14)15/h2-5,11H,6-8H2,1H3. The van der Waals surface area contributed by atoms with Crippen LogP contribution in [-0.2, 0) is 10.9 Å². The summed E-state index contributed by atoms with van der Waals surface area (Å²) >= 11 is 0. The summed E-state index contributed by atoms with van der Waals surface area (Å²) in [4.78, 5) is 2.10. The van der Waals surface area contributed by atoms with Gasteiger partial charge in [-0.15, -0.1) is 0 Å². The summed E-state index contributed by atoms with van der Waals surface area (Å²) in [7, 11) is 1.97. The number of rotatable bonds is 1. The number of hydrogen-bond acceptors (Lipinski definition) is 2. The third-order valence-electron chi connectivity index (χ3n) is 2.88. The van der Waals surface area contributed by atoms with Gasteiger partial charge in [-0.25, -0.2) is 0 Å². The zero-order valence-corrected chi connectivity index (χ0v) is 9.50. The van der Waals surface area contributed by atoms with E-state index in [1.54, 1.807) is 0 Å². The fourth-order valence-electron chi connectivity index (χ4n) is 1.87. The predicted octanol–water partition coefficient (Wildman–Crippen LogP) is 2.71. The van der Waals surface area contributed by atoms with E-state index in [4.69, 9.17) is 4.74 Å². The van der Waals surface area contributed by atoms with E-state index in [0.29, 0.717) is 13.2 Å². The molecular weight excluding hydrogens is 231 g/mol. The van der Waals surface area contributed by atoms with Crippen molar-refractivity contribution in [3.05, 3.63) is 35.4 Å². The smallest absolute Gasteiger partial charge is 0.371 e. The van der Waals surface area contributed by atoms with Crippen molar-refractivity contribution in [2.24, 2.45) is 0 Å². The summed E-state index contributed by atoms with van der Waals surface area (Å²) in [5.74, 6) is 0. The number of morpholine rings is 1. The van der Waals surface area contributed by atoms with Crippen LogP contribution in [0.1, 0.15) is 17.2 Å². The highest BCUT2D eigenvalue weighted by atomic mass is 19.4. The molecule has 5 heteroatoms. The number of nitrogens with zero attached hydrogens (tertiary/aromatic N) is 1. The Bertz CT molecular complexity index is 374. The van der Waals surface area contributed by atoms with Crippen LogP contribution in [-0.4, -0.2) is 31.6 Å². The van der Waals surface area contributed by atoms with Crippen LogP contribution in [0.15, 0.2) is 24.3 Å². The highest BCUT2D eigenvalue weighted by Crippen LogP contribution is 2.30. The first-order valence-corrected chi connectivity index (χ1v) is 5.44. The molecule has 1 aromatic carbocycles. The summed E-state index contributed by atoms with van der Waals surface area (Å²) in [6.45, 7) is 2.19. The Morgan fingerprint density at radius 1 is 1.24 bits per heavy atom. The highest BCUT2D eigenvalue weighted by molar-refractivity contribution is 5.26. The van der Waals surface area contributed by atoms with Gasteiger partial charge in [-0.2, -0.15) is 13.2 Å². The average molecular weight is 245 g/mol. The lowest BCUT2D eigenvalue weighted by Crippen LogP contribution is -2.35. The van der Waals surface area contributed by atoms with Gasteiger partial charge in [0.05, 0.1) is 18.3 Å². The van der Waals surface area contributed by atoms with E-state index in [1.807, 2.05) is 7.05 Å². The molecule has 0 aliphatic carbocycles. The molecule has 94 valence electrons. The second-order valence-electron chi connectivity index (χ2n) is 4.24. The van der Waals surface area contributed by atoms with E-state index in [2.05, 4.69) is 4.90 Å². The van der Waals surface area contributed by atoms with Crippen molar-refractivity contribution < 1.29 is 17.9 Å². The number of alkyl halides is 3. The first kappa shape index (κ1) is 12.4. The van der Waals surface area contributed by atoms with Crippen molar-refractivity contribution in [2.75, 3.05) is 26.7 Å². The Balaban J connectivity index is 2.12. The summed E-state index contributed by atoms with van der Waals surface area (Å²) in [6.07, 6.45) is -4.40. The van der Waals surface area contributed by atoms with Crippen LogP contribution in [0, 0.1) is 0 Å². The van der Waals surface area contributed by atoms with Crippen LogP contribution in [0.25, 0.3) is 0 Å². The maximum absolute atomic E-state index is 12.4. The Hall–Kier alpha value is -1.07. The van der Waals surface area contributed by atoms with Gasteiger partial charge < -0.3 is 9.64 Å². The number of halogens is 3. The summed E-state index contributed by atoms with van der Waals surface area (Å²) < 4.78 is 42.7. The van der Waals surface area contributed by atoms with E-state index in [1.165, 1.54) is 12.1 Å². The number of ether oxygens (including phenoxy) is 1. The zero-order valence-electron chi connectivity index (χ0n) is 9.50. The van der Waals surface area contributed by atoms with E-state index >= 15 is 0 Å². The van der Waals surface area contributed by atoms with Crippen molar-refractivity contribution in [3.63, 3.8) is 0 Å². The summed E-state index contributed by atoms with van der Waals surface area (Å²) in [6, 6.07) is 5.19. The molecule has 1 aliphatic rings. The van der Waals surface area contributed by atoms with Crippen molar-refractivity contribution in [1.82, 2.24) is 4.90 Å². The molecule has 1 unspecified atom stereocenters. The Morgan fingerprint density at radius 2 is 1.88 bits per heavy atom. The van der Waals surface area contributed by atoms with Gasteiger partial charge in [0, 0.05) is 13.1 Å². The molecule has 17 heavy (non-hydrogen) atoms. The Labute approximate surface area is 98.0 Å². The lowest BCUT2D eigenvalue weighted by molar-refractivity contribution is -0.137. The molecule has 0 bridgehead atoms. The molecule has 0 amide bonds. The van der Waals surface area contributed by atoms with E-state index in [-0.39, 0.29) is 6.10 Å². The third-order valence-corrected chi connectivity index (χ3v) is 2.88. The van der Waals surface area contributed by atoms with Crippen LogP contribution in [0.2, 0.25) is 0 Å². The lowest BCUT2D eigenvalue weighted by Gasteiger charge is -2.30. The Morgan fingerprint density at radius 3 is 2.41 bits per heavy atom. The number of likely N-dealkylation sites (N-methyl/N-ethyl adjacent to an activating group) is 1. The normalized spacial score (nSPS) is 22.7. The van der Waals surface area contributed by atoms with Crippen molar-refractivity contribution in [2.45, 2.75) is 12.3 Å². The molecule has 1 aliphatic heterocycles. The first-order valence-electron chi connectivity index (χ1n) is 5.44. The molecule has 2 nitrogen and oxygen atoms in total. The minimum absolute atomic E-state index is 0.129. The molecule has 0 aromatic heterocycles. The summed E-state index contributed by atoms with van der Waals surface area (Å²) in [5.41, 5.74) is 0.176. The van der Waals surface area contributed by atoms with Crippen LogP contribution < -0.4 is 0 Å². The van der Waals surface area contributed by atoms with E-state index in [0.717, 1.165) is 24.2 Å². The predicted molar refractivity (Wildman–Crippen MR) is 57.6 cm³/mol.